The highest BCUT2D eigenvalue weighted by atomic mass is 35.5. The molecule has 0 aliphatic carbocycles. The molecule has 0 aliphatic heterocycles. The van der Waals surface area contributed by atoms with Gasteiger partial charge < -0.3 is 5.32 Å². The average Bonchev–Trinajstić information content (AvgIpc) is 2.43. The number of benzene rings is 1. The minimum atomic E-state index is -3.57. The molecule has 1 rings (SSSR count). The largest absolute Gasteiger partial charge is 0.437 e. The molecule has 0 saturated heterocycles. The van der Waals surface area contributed by atoms with Gasteiger partial charge in [-0.05, 0) is 44.3 Å². The summed E-state index contributed by atoms with van der Waals surface area (Å²) in [5.74, 6) is 0. The molecule has 1 aromatic rings. The van der Waals surface area contributed by atoms with Crippen LogP contribution in [0.5, 0.6) is 0 Å². The van der Waals surface area contributed by atoms with Crippen LogP contribution < -0.4 is 5.32 Å². The van der Waals surface area contributed by atoms with E-state index in [1.165, 1.54) is 4.67 Å². The summed E-state index contributed by atoms with van der Waals surface area (Å²) < 4.78 is 24.9. The zero-order chi connectivity index (χ0) is 17.5. The highest BCUT2D eigenvalue weighted by Crippen LogP contribution is 2.52. The minimum absolute atomic E-state index is 0.161. The first kappa shape index (κ1) is 20.4. The van der Waals surface area contributed by atoms with Crippen LogP contribution in [0.4, 0.5) is 5.69 Å². The zero-order valence-electron chi connectivity index (χ0n) is 12.9. The SMILES string of the molecule is C=CCN(C(=S)Nc1cc(Cl)cc(Cl)c1)P(=O)(OCC)OCC. The first-order valence-corrected chi connectivity index (χ1v) is 9.57. The normalized spacial score (nSPS) is 11.1. The zero-order valence-corrected chi connectivity index (χ0v) is 16.1. The summed E-state index contributed by atoms with van der Waals surface area (Å²) in [7, 11) is -3.57. The van der Waals surface area contributed by atoms with Gasteiger partial charge in [0.2, 0.25) is 0 Å². The molecule has 9 heteroatoms. The van der Waals surface area contributed by atoms with Crippen LogP contribution in [0.25, 0.3) is 0 Å². The Labute approximate surface area is 152 Å². The molecular weight excluding hydrogens is 378 g/mol. The van der Waals surface area contributed by atoms with Crippen molar-refractivity contribution in [3.05, 3.63) is 40.9 Å². The van der Waals surface area contributed by atoms with Gasteiger partial charge >= 0.3 is 7.75 Å². The molecule has 0 radical (unpaired) electrons. The Kier molecular flexibility index (Phi) is 8.54. The van der Waals surface area contributed by atoms with E-state index in [9.17, 15) is 4.57 Å². The quantitative estimate of drug-likeness (QED) is 0.362. The molecule has 0 spiro atoms. The summed E-state index contributed by atoms with van der Waals surface area (Å²) in [5.41, 5.74) is 0.570. The number of nitrogens with one attached hydrogen (secondary N) is 1. The van der Waals surface area contributed by atoms with Crippen LogP contribution in [0.15, 0.2) is 30.9 Å². The number of halogens is 2. The summed E-state index contributed by atoms with van der Waals surface area (Å²) in [4.78, 5) is 0. The van der Waals surface area contributed by atoms with Crippen molar-refractivity contribution < 1.29 is 13.6 Å². The van der Waals surface area contributed by atoms with E-state index < -0.39 is 7.75 Å². The van der Waals surface area contributed by atoms with Gasteiger partial charge in [-0.3, -0.25) is 13.7 Å². The molecule has 5 nitrogen and oxygen atoms in total. The maximum absolute atomic E-state index is 12.9. The smallest absolute Gasteiger partial charge is 0.332 e. The highest BCUT2D eigenvalue weighted by molar-refractivity contribution is 7.81. The second-order valence-electron chi connectivity index (χ2n) is 4.26. The first-order chi connectivity index (χ1) is 10.9. The van der Waals surface area contributed by atoms with Gasteiger partial charge in [-0.2, -0.15) is 0 Å². The van der Waals surface area contributed by atoms with Crippen molar-refractivity contribution in [3.8, 4) is 0 Å². The van der Waals surface area contributed by atoms with Crippen molar-refractivity contribution in [1.29, 1.82) is 0 Å². The molecule has 1 aromatic carbocycles. The second-order valence-corrected chi connectivity index (χ2v) is 7.46. The monoisotopic (exact) mass is 396 g/mol. The van der Waals surface area contributed by atoms with Crippen molar-refractivity contribution in [3.63, 3.8) is 0 Å². The lowest BCUT2D eigenvalue weighted by molar-refractivity contribution is 0.192. The van der Waals surface area contributed by atoms with Crippen LogP contribution in [0.2, 0.25) is 10.0 Å². The van der Waals surface area contributed by atoms with Crippen LogP contribution in [0, 0.1) is 0 Å². The molecule has 0 amide bonds. The number of anilines is 1. The second kappa shape index (κ2) is 9.62. The van der Waals surface area contributed by atoms with Crippen molar-refractivity contribution in [2.24, 2.45) is 0 Å². The van der Waals surface area contributed by atoms with E-state index in [1.54, 1.807) is 38.1 Å². The molecule has 0 bridgehead atoms. The summed E-state index contributed by atoms with van der Waals surface area (Å²) in [6.45, 7) is 7.73. The van der Waals surface area contributed by atoms with E-state index in [0.717, 1.165) is 0 Å². The van der Waals surface area contributed by atoms with Crippen molar-refractivity contribution >= 4 is 54.0 Å². The lowest BCUT2D eigenvalue weighted by Gasteiger charge is -2.30. The summed E-state index contributed by atoms with van der Waals surface area (Å²) in [6, 6.07) is 4.90. The number of hydrogen-bond donors (Lipinski definition) is 1. The third kappa shape index (κ3) is 6.07. The van der Waals surface area contributed by atoms with E-state index in [-0.39, 0.29) is 24.9 Å². The topological polar surface area (TPSA) is 50.8 Å². The Balaban J connectivity index is 3.05. The number of hydrogen-bond acceptors (Lipinski definition) is 4. The predicted molar refractivity (Wildman–Crippen MR) is 100 cm³/mol. The number of rotatable bonds is 8. The number of thiocarbonyl (C=S) groups is 1. The molecule has 0 saturated carbocycles. The van der Waals surface area contributed by atoms with Crippen LogP contribution in [-0.4, -0.2) is 29.5 Å². The average molecular weight is 397 g/mol. The summed E-state index contributed by atoms with van der Waals surface area (Å²) in [5, 5.41) is 4.01. The van der Waals surface area contributed by atoms with E-state index in [4.69, 9.17) is 44.5 Å². The lowest BCUT2D eigenvalue weighted by Crippen LogP contribution is -2.33. The third-order valence-electron chi connectivity index (χ3n) is 2.53. The molecule has 128 valence electrons. The molecule has 0 atom stereocenters. The van der Waals surface area contributed by atoms with Crippen molar-refractivity contribution in [2.45, 2.75) is 13.8 Å². The standard InChI is InChI=1S/C14H19Cl2N2O3PS/c1-4-7-18(22(19,20-5-2)21-6-3)14(23)17-13-9-11(15)8-12(16)10-13/h4,8-10H,1,5-7H2,2-3H3,(H,17,23). The fourth-order valence-corrected chi connectivity index (χ4v) is 4.35. The fourth-order valence-electron chi connectivity index (χ4n) is 1.73. The molecule has 0 heterocycles. The van der Waals surface area contributed by atoms with E-state index in [0.29, 0.717) is 15.7 Å². The molecule has 1 N–H and O–H groups in total. The van der Waals surface area contributed by atoms with Gasteiger partial charge in [-0.1, -0.05) is 29.3 Å². The van der Waals surface area contributed by atoms with Gasteiger partial charge in [0, 0.05) is 22.3 Å². The molecule has 23 heavy (non-hydrogen) atoms. The molecule has 0 unspecified atom stereocenters. The Bertz CT molecular complexity index is 585. The lowest BCUT2D eigenvalue weighted by atomic mass is 10.3. The Morgan fingerprint density at radius 1 is 1.30 bits per heavy atom. The first-order valence-electron chi connectivity index (χ1n) is 6.91. The predicted octanol–water partition coefficient (Wildman–Crippen LogP) is 5.36. The maximum Gasteiger partial charge on any atom is 0.437 e. The van der Waals surface area contributed by atoms with Crippen LogP contribution in [0.3, 0.4) is 0 Å². The minimum Gasteiger partial charge on any atom is -0.332 e. The van der Waals surface area contributed by atoms with E-state index in [1.807, 2.05) is 0 Å². The summed E-state index contributed by atoms with van der Waals surface area (Å²) >= 11 is 17.3. The molecule has 0 fully saturated rings. The maximum atomic E-state index is 12.9. The Morgan fingerprint density at radius 3 is 2.26 bits per heavy atom. The highest BCUT2D eigenvalue weighted by Gasteiger charge is 2.34. The number of nitrogens with zero attached hydrogens (tertiary/aromatic N) is 1. The van der Waals surface area contributed by atoms with Gasteiger partial charge in [0.1, 0.15) is 0 Å². The fraction of sp³-hybridized carbons (Fsp3) is 0.357. The van der Waals surface area contributed by atoms with Gasteiger partial charge in [-0.15, -0.1) is 6.58 Å². The van der Waals surface area contributed by atoms with E-state index >= 15 is 0 Å². The third-order valence-corrected chi connectivity index (χ3v) is 5.55. The Morgan fingerprint density at radius 2 is 1.83 bits per heavy atom. The van der Waals surface area contributed by atoms with Crippen LogP contribution >= 0.6 is 43.2 Å². The van der Waals surface area contributed by atoms with E-state index in [2.05, 4.69) is 11.9 Å². The van der Waals surface area contributed by atoms with Gasteiger partial charge in [0.15, 0.2) is 5.11 Å². The molecular formula is C14H19Cl2N2O3PS. The van der Waals surface area contributed by atoms with Crippen LogP contribution in [-0.2, 0) is 13.6 Å². The van der Waals surface area contributed by atoms with Gasteiger partial charge in [0.05, 0.1) is 13.2 Å². The molecule has 0 aromatic heterocycles. The summed E-state index contributed by atoms with van der Waals surface area (Å²) in [6.07, 6.45) is 1.56. The van der Waals surface area contributed by atoms with Crippen LogP contribution in [0.1, 0.15) is 13.8 Å². The molecule has 0 aliphatic rings. The van der Waals surface area contributed by atoms with Crippen molar-refractivity contribution in [1.82, 2.24) is 4.67 Å². The van der Waals surface area contributed by atoms with Gasteiger partial charge in [-0.25, -0.2) is 4.57 Å². The van der Waals surface area contributed by atoms with Crippen molar-refractivity contribution in [2.75, 3.05) is 25.1 Å². The van der Waals surface area contributed by atoms with Gasteiger partial charge in [0.25, 0.3) is 0 Å². The Hall–Kier alpha value is -0.620.